The number of hydrogen-bond donors (Lipinski definition) is 0. The van der Waals surface area contributed by atoms with Gasteiger partial charge >= 0.3 is 0 Å². The Morgan fingerprint density at radius 1 is 0.964 bits per heavy atom. The fourth-order valence-electron chi connectivity index (χ4n) is 3.20. The van der Waals surface area contributed by atoms with Crippen LogP contribution in [0.5, 0.6) is 0 Å². The van der Waals surface area contributed by atoms with Crippen molar-refractivity contribution in [3.05, 3.63) is 76.3 Å². The molecule has 1 aromatic heterocycles. The molecule has 146 valence electrons. The van der Waals surface area contributed by atoms with Crippen LogP contribution in [0.25, 0.3) is 0 Å². The molecular formula is C20H20ClN3O2S2. The number of aromatic nitrogens is 1. The molecule has 0 atom stereocenters. The van der Waals surface area contributed by atoms with Crippen LogP contribution in [0.4, 0.5) is 5.13 Å². The van der Waals surface area contributed by atoms with E-state index in [9.17, 15) is 8.42 Å². The van der Waals surface area contributed by atoms with E-state index in [1.54, 1.807) is 35.6 Å². The zero-order valence-corrected chi connectivity index (χ0v) is 17.6. The Morgan fingerprint density at radius 3 is 2.32 bits per heavy atom. The van der Waals surface area contributed by atoms with E-state index in [1.165, 1.54) is 9.87 Å². The van der Waals surface area contributed by atoms with Crippen LogP contribution >= 0.6 is 22.9 Å². The van der Waals surface area contributed by atoms with Crippen molar-refractivity contribution in [3.8, 4) is 0 Å². The van der Waals surface area contributed by atoms with E-state index in [1.807, 2.05) is 18.2 Å². The lowest BCUT2D eigenvalue weighted by Crippen LogP contribution is -2.48. The molecule has 0 spiro atoms. The fourth-order valence-corrected chi connectivity index (χ4v) is 5.63. The summed E-state index contributed by atoms with van der Waals surface area (Å²) in [5.74, 6) is 0. The number of sulfonamides is 1. The molecule has 0 amide bonds. The molecule has 0 saturated carbocycles. The van der Waals surface area contributed by atoms with E-state index in [2.05, 4.69) is 22.4 Å². The predicted octanol–water partition coefficient (Wildman–Crippen LogP) is 3.90. The highest BCUT2D eigenvalue weighted by Crippen LogP contribution is 2.25. The number of piperazine rings is 1. The third-order valence-electron chi connectivity index (χ3n) is 4.73. The molecule has 0 aliphatic carbocycles. The van der Waals surface area contributed by atoms with Crippen LogP contribution in [0.3, 0.4) is 0 Å². The second-order valence-corrected chi connectivity index (χ2v) is 9.84. The van der Waals surface area contributed by atoms with Crippen LogP contribution in [0.1, 0.15) is 11.3 Å². The lowest BCUT2D eigenvalue weighted by molar-refractivity contribution is 0.384. The summed E-state index contributed by atoms with van der Waals surface area (Å²) in [5.41, 5.74) is 2.28. The Labute approximate surface area is 174 Å². The van der Waals surface area contributed by atoms with Gasteiger partial charge in [-0.2, -0.15) is 4.31 Å². The second kappa shape index (κ2) is 8.21. The lowest BCUT2D eigenvalue weighted by Gasteiger charge is -2.33. The molecule has 0 bridgehead atoms. The average Bonchev–Trinajstić information content (AvgIpc) is 3.18. The highest BCUT2D eigenvalue weighted by Gasteiger charge is 2.29. The van der Waals surface area contributed by atoms with Crippen molar-refractivity contribution in [3.63, 3.8) is 0 Å². The van der Waals surface area contributed by atoms with Crippen LogP contribution < -0.4 is 4.90 Å². The molecule has 1 aliphatic rings. The van der Waals surface area contributed by atoms with Crippen molar-refractivity contribution in [1.29, 1.82) is 0 Å². The third-order valence-corrected chi connectivity index (χ3v) is 7.84. The first-order valence-corrected chi connectivity index (χ1v) is 11.7. The summed E-state index contributed by atoms with van der Waals surface area (Å²) >= 11 is 7.48. The molecule has 0 N–H and O–H groups in total. The van der Waals surface area contributed by atoms with E-state index >= 15 is 0 Å². The molecule has 1 fully saturated rings. The molecule has 5 nitrogen and oxygen atoms in total. The van der Waals surface area contributed by atoms with Crippen molar-refractivity contribution in [2.24, 2.45) is 0 Å². The maximum atomic E-state index is 12.8. The SMILES string of the molecule is O=S(=O)(c1ccc(Cl)cc1)N1CCN(c2nc(Cc3ccccc3)cs2)CC1. The molecular weight excluding hydrogens is 414 g/mol. The van der Waals surface area contributed by atoms with Crippen molar-refractivity contribution in [1.82, 2.24) is 9.29 Å². The van der Waals surface area contributed by atoms with Crippen molar-refractivity contribution in [2.45, 2.75) is 11.3 Å². The van der Waals surface area contributed by atoms with Crippen LogP contribution in [0.15, 0.2) is 64.9 Å². The first-order chi connectivity index (χ1) is 13.5. The maximum Gasteiger partial charge on any atom is 0.243 e. The van der Waals surface area contributed by atoms with Gasteiger partial charge in [-0.1, -0.05) is 41.9 Å². The first kappa shape index (κ1) is 19.4. The Morgan fingerprint density at radius 2 is 1.64 bits per heavy atom. The van der Waals surface area contributed by atoms with E-state index < -0.39 is 10.0 Å². The number of nitrogens with zero attached hydrogens (tertiary/aromatic N) is 3. The van der Waals surface area contributed by atoms with E-state index in [4.69, 9.17) is 16.6 Å². The minimum absolute atomic E-state index is 0.282. The Balaban J connectivity index is 1.40. The summed E-state index contributed by atoms with van der Waals surface area (Å²) in [6.07, 6.45) is 0.808. The number of anilines is 1. The molecule has 2 heterocycles. The van der Waals surface area contributed by atoms with Gasteiger partial charge in [-0.05, 0) is 29.8 Å². The van der Waals surface area contributed by atoms with Crippen molar-refractivity contribution in [2.75, 3.05) is 31.1 Å². The predicted molar refractivity (Wildman–Crippen MR) is 114 cm³/mol. The van der Waals surface area contributed by atoms with Gasteiger partial charge in [-0.3, -0.25) is 0 Å². The summed E-state index contributed by atoms with van der Waals surface area (Å²) in [6, 6.07) is 16.6. The molecule has 2 aromatic carbocycles. The lowest BCUT2D eigenvalue weighted by atomic mass is 10.1. The normalized spacial score (nSPS) is 15.7. The molecule has 3 aromatic rings. The minimum Gasteiger partial charge on any atom is -0.345 e. The summed E-state index contributed by atoms with van der Waals surface area (Å²) in [4.78, 5) is 7.19. The summed E-state index contributed by atoms with van der Waals surface area (Å²) in [5, 5.41) is 3.56. The average molecular weight is 434 g/mol. The molecule has 1 saturated heterocycles. The number of thiazole rings is 1. The van der Waals surface area contributed by atoms with Crippen LogP contribution in [-0.4, -0.2) is 43.9 Å². The first-order valence-electron chi connectivity index (χ1n) is 9.01. The highest BCUT2D eigenvalue weighted by molar-refractivity contribution is 7.89. The number of benzene rings is 2. The zero-order chi connectivity index (χ0) is 19.6. The van der Waals surface area contributed by atoms with Crippen molar-refractivity contribution >= 4 is 38.1 Å². The molecule has 0 radical (unpaired) electrons. The molecule has 0 unspecified atom stereocenters. The van der Waals surface area contributed by atoms with Gasteiger partial charge in [0.05, 0.1) is 10.6 Å². The van der Waals surface area contributed by atoms with Gasteiger partial charge in [0.15, 0.2) is 5.13 Å². The van der Waals surface area contributed by atoms with Gasteiger partial charge in [0, 0.05) is 43.0 Å². The van der Waals surface area contributed by atoms with Crippen LogP contribution in [-0.2, 0) is 16.4 Å². The van der Waals surface area contributed by atoms with Gasteiger partial charge in [-0.15, -0.1) is 11.3 Å². The topological polar surface area (TPSA) is 53.5 Å². The monoisotopic (exact) mass is 433 g/mol. The Hall–Kier alpha value is -1.93. The van der Waals surface area contributed by atoms with Gasteiger partial charge < -0.3 is 4.90 Å². The maximum absolute atomic E-state index is 12.8. The number of rotatable bonds is 5. The van der Waals surface area contributed by atoms with E-state index in [-0.39, 0.29) is 4.90 Å². The van der Waals surface area contributed by atoms with Gasteiger partial charge in [0.2, 0.25) is 10.0 Å². The van der Waals surface area contributed by atoms with Gasteiger partial charge in [-0.25, -0.2) is 13.4 Å². The zero-order valence-electron chi connectivity index (χ0n) is 15.2. The van der Waals surface area contributed by atoms with Crippen molar-refractivity contribution < 1.29 is 8.42 Å². The highest BCUT2D eigenvalue weighted by atomic mass is 35.5. The van der Waals surface area contributed by atoms with E-state index in [0.29, 0.717) is 31.2 Å². The summed E-state index contributed by atoms with van der Waals surface area (Å²) < 4.78 is 27.1. The Bertz CT molecular complexity index is 1030. The van der Waals surface area contributed by atoms with Gasteiger partial charge in [0.25, 0.3) is 0 Å². The molecule has 4 rings (SSSR count). The van der Waals surface area contributed by atoms with Crippen LogP contribution in [0.2, 0.25) is 5.02 Å². The van der Waals surface area contributed by atoms with Crippen LogP contribution in [0, 0.1) is 0 Å². The second-order valence-electron chi connectivity index (χ2n) is 6.63. The molecule has 28 heavy (non-hydrogen) atoms. The minimum atomic E-state index is -3.49. The quantitative estimate of drug-likeness (QED) is 0.612. The summed E-state index contributed by atoms with van der Waals surface area (Å²) in [7, 11) is -3.49. The van der Waals surface area contributed by atoms with Gasteiger partial charge in [0.1, 0.15) is 0 Å². The summed E-state index contributed by atoms with van der Waals surface area (Å²) in [6.45, 7) is 2.15. The smallest absolute Gasteiger partial charge is 0.243 e. The molecule has 8 heteroatoms. The standard InChI is InChI=1S/C20H20ClN3O2S2/c21-17-6-8-19(9-7-17)28(25,26)24-12-10-23(11-13-24)20-22-18(15-27-20)14-16-4-2-1-3-5-16/h1-9,15H,10-14H2. The number of halogens is 1. The Kier molecular flexibility index (Phi) is 5.68. The number of hydrogen-bond acceptors (Lipinski definition) is 5. The fraction of sp³-hybridized carbons (Fsp3) is 0.250. The van der Waals surface area contributed by atoms with E-state index in [0.717, 1.165) is 17.2 Å². The third kappa shape index (κ3) is 4.22. The molecule has 1 aliphatic heterocycles. The largest absolute Gasteiger partial charge is 0.345 e.